The van der Waals surface area contributed by atoms with Gasteiger partial charge in [0, 0.05) is 25.2 Å². The molecule has 1 amide bonds. The molecule has 11 heteroatoms. The molecule has 0 saturated carbocycles. The molecule has 1 aliphatic rings. The van der Waals surface area contributed by atoms with Crippen LogP contribution in [0.5, 0.6) is 0 Å². The lowest BCUT2D eigenvalue weighted by Crippen LogP contribution is -2.39. The van der Waals surface area contributed by atoms with Crippen molar-refractivity contribution in [3.8, 4) is 0 Å². The molecule has 0 unspecified atom stereocenters. The molecular weight excluding hydrogens is 427 g/mol. The molecule has 1 saturated heterocycles. The molecule has 0 spiro atoms. The van der Waals surface area contributed by atoms with Crippen LogP contribution in [0.2, 0.25) is 0 Å². The highest BCUT2D eigenvalue weighted by Gasteiger charge is 2.34. The number of benzene rings is 1. The summed E-state index contributed by atoms with van der Waals surface area (Å²) in [6, 6.07) is 5.30. The van der Waals surface area contributed by atoms with Crippen LogP contribution in [0.3, 0.4) is 0 Å². The van der Waals surface area contributed by atoms with E-state index in [1.165, 1.54) is 11.0 Å². The van der Waals surface area contributed by atoms with E-state index in [-0.39, 0.29) is 24.5 Å². The van der Waals surface area contributed by atoms with Gasteiger partial charge in [-0.15, -0.1) is 0 Å². The van der Waals surface area contributed by atoms with Gasteiger partial charge in [0.15, 0.2) is 5.69 Å². The quantitative estimate of drug-likeness (QED) is 0.502. The number of alkyl halides is 3. The second kappa shape index (κ2) is 10.1. The number of aryl methyl sites for hydroxylation is 1. The maximum atomic E-state index is 13.1. The minimum atomic E-state index is -4.66. The standard InChI is InChI=1S/C21H26F3N5O3/c1-15-7-6-8-18(29(31)32)16(15)14-28(12-11-27-9-4-2-3-5-10-27)20(30)17-13-19(26-25-17)21(22,23)24/h6-8,13H,2-5,9-12,14H2,1H3,(H,25,26). The number of carbonyl (C=O) groups is 1. The molecule has 174 valence electrons. The third-order valence-corrected chi connectivity index (χ3v) is 5.71. The van der Waals surface area contributed by atoms with Gasteiger partial charge in [0.2, 0.25) is 0 Å². The number of nitrogens with zero attached hydrogens (tertiary/aromatic N) is 4. The minimum Gasteiger partial charge on any atom is -0.331 e. The summed E-state index contributed by atoms with van der Waals surface area (Å²) in [6.45, 7) is 4.13. The van der Waals surface area contributed by atoms with Gasteiger partial charge in [-0.2, -0.15) is 18.3 Å². The zero-order chi connectivity index (χ0) is 23.3. The summed E-state index contributed by atoms with van der Waals surface area (Å²) in [6.07, 6.45) is -0.279. The fraction of sp³-hybridized carbons (Fsp3) is 0.524. The Morgan fingerprint density at radius 1 is 1.25 bits per heavy atom. The van der Waals surface area contributed by atoms with E-state index < -0.39 is 22.7 Å². The Kier molecular flexibility index (Phi) is 7.49. The van der Waals surface area contributed by atoms with Crippen LogP contribution in [0.4, 0.5) is 18.9 Å². The van der Waals surface area contributed by atoms with Gasteiger partial charge in [-0.3, -0.25) is 20.0 Å². The molecule has 1 N–H and O–H groups in total. The Morgan fingerprint density at radius 3 is 2.53 bits per heavy atom. The third-order valence-electron chi connectivity index (χ3n) is 5.71. The van der Waals surface area contributed by atoms with Crippen molar-refractivity contribution in [1.82, 2.24) is 20.0 Å². The average molecular weight is 453 g/mol. The van der Waals surface area contributed by atoms with Crippen LogP contribution in [0, 0.1) is 17.0 Å². The van der Waals surface area contributed by atoms with Crippen LogP contribution in [-0.2, 0) is 12.7 Å². The third kappa shape index (κ3) is 5.84. The van der Waals surface area contributed by atoms with Gasteiger partial charge < -0.3 is 9.80 Å². The molecule has 2 heterocycles. The van der Waals surface area contributed by atoms with Crippen LogP contribution in [0.1, 0.15) is 53.0 Å². The van der Waals surface area contributed by atoms with Gasteiger partial charge in [-0.05, 0) is 38.4 Å². The maximum Gasteiger partial charge on any atom is 0.432 e. The number of carbonyl (C=O) groups excluding carboxylic acids is 1. The first-order valence-electron chi connectivity index (χ1n) is 10.5. The van der Waals surface area contributed by atoms with Crippen molar-refractivity contribution >= 4 is 11.6 Å². The fourth-order valence-corrected chi connectivity index (χ4v) is 3.87. The van der Waals surface area contributed by atoms with E-state index in [9.17, 15) is 28.1 Å². The van der Waals surface area contributed by atoms with Gasteiger partial charge >= 0.3 is 6.18 Å². The summed E-state index contributed by atoms with van der Waals surface area (Å²) in [5, 5.41) is 16.9. The second-order valence-electron chi connectivity index (χ2n) is 7.98. The normalized spacial score (nSPS) is 15.4. The van der Waals surface area contributed by atoms with Crippen LogP contribution in [-0.4, -0.2) is 57.0 Å². The van der Waals surface area contributed by atoms with Crippen LogP contribution in [0.15, 0.2) is 24.3 Å². The van der Waals surface area contributed by atoms with Gasteiger partial charge in [0.05, 0.1) is 17.0 Å². The van der Waals surface area contributed by atoms with E-state index in [0.29, 0.717) is 23.7 Å². The lowest BCUT2D eigenvalue weighted by atomic mass is 10.1. The topological polar surface area (TPSA) is 95.4 Å². The Morgan fingerprint density at radius 2 is 1.94 bits per heavy atom. The van der Waals surface area contributed by atoms with E-state index in [1.54, 1.807) is 19.1 Å². The highest BCUT2D eigenvalue weighted by atomic mass is 19.4. The molecule has 2 aromatic rings. The first-order valence-corrected chi connectivity index (χ1v) is 10.5. The summed E-state index contributed by atoms with van der Waals surface area (Å²) >= 11 is 0. The van der Waals surface area contributed by atoms with Gasteiger partial charge in [-0.25, -0.2) is 0 Å². The number of H-pyrrole nitrogens is 1. The van der Waals surface area contributed by atoms with Crippen LogP contribution >= 0.6 is 0 Å². The van der Waals surface area contributed by atoms with E-state index >= 15 is 0 Å². The summed E-state index contributed by atoms with van der Waals surface area (Å²) in [7, 11) is 0. The number of hydrogen-bond donors (Lipinski definition) is 1. The molecule has 1 aromatic heterocycles. The minimum absolute atomic E-state index is 0.0934. The maximum absolute atomic E-state index is 13.1. The molecular formula is C21H26F3N5O3. The number of likely N-dealkylation sites (tertiary alicyclic amines) is 1. The predicted octanol–water partition coefficient (Wildman–Crippen LogP) is 4.16. The molecule has 8 nitrogen and oxygen atoms in total. The van der Waals surface area contributed by atoms with Gasteiger partial charge in [0.1, 0.15) is 5.69 Å². The lowest BCUT2D eigenvalue weighted by Gasteiger charge is -2.27. The number of nitro benzene ring substituents is 1. The van der Waals surface area contributed by atoms with Gasteiger partial charge in [0.25, 0.3) is 11.6 Å². The highest BCUT2D eigenvalue weighted by molar-refractivity contribution is 5.92. The molecule has 1 aromatic carbocycles. The van der Waals surface area contributed by atoms with Gasteiger partial charge in [-0.1, -0.05) is 25.0 Å². The molecule has 3 rings (SSSR count). The second-order valence-corrected chi connectivity index (χ2v) is 7.98. The van der Waals surface area contributed by atoms with Crippen molar-refractivity contribution in [3.63, 3.8) is 0 Å². The highest BCUT2D eigenvalue weighted by Crippen LogP contribution is 2.29. The zero-order valence-corrected chi connectivity index (χ0v) is 17.8. The summed E-state index contributed by atoms with van der Waals surface area (Å²) in [5.74, 6) is -0.705. The number of hydrogen-bond acceptors (Lipinski definition) is 5. The first kappa shape index (κ1) is 23.7. The van der Waals surface area contributed by atoms with E-state index in [0.717, 1.165) is 38.8 Å². The molecule has 32 heavy (non-hydrogen) atoms. The number of aromatic nitrogens is 2. The van der Waals surface area contributed by atoms with Crippen LogP contribution < -0.4 is 0 Å². The molecule has 0 aliphatic carbocycles. The van der Waals surface area contributed by atoms with Crippen LogP contribution in [0.25, 0.3) is 0 Å². The molecule has 0 radical (unpaired) electrons. The Labute approximate surface area is 183 Å². The van der Waals surface area contributed by atoms with E-state index in [4.69, 9.17) is 0 Å². The van der Waals surface area contributed by atoms with Crippen molar-refractivity contribution in [2.45, 2.75) is 45.3 Å². The summed E-state index contributed by atoms with van der Waals surface area (Å²) < 4.78 is 38.9. The number of rotatable bonds is 7. The van der Waals surface area contributed by atoms with Crippen molar-refractivity contribution in [2.24, 2.45) is 0 Å². The zero-order valence-electron chi connectivity index (χ0n) is 17.8. The first-order chi connectivity index (χ1) is 15.2. The van der Waals surface area contributed by atoms with Crippen molar-refractivity contribution in [1.29, 1.82) is 0 Å². The van der Waals surface area contributed by atoms with Crippen molar-refractivity contribution in [3.05, 3.63) is 56.9 Å². The number of amides is 1. The van der Waals surface area contributed by atoms with Crippen molar-refractivity contribution < 1.29 is 22.9 Å². The summed E-state index contributed by atoms with van der Waals surface area (Å²) in [4.78, 5) is 27.7. The van der Waals surface area contributed by atoms with E-state index in [1.807, 2.05) is 5.10 Å². The average Bonchev–Trinajstić information content (AvgIpc) is 3.10. The molecule has 0 bridgehead atoms. The largest absolute Gasteiger partial charge is 0.432 e. The molecule has 1 fully saturated rings. The number of aromatic amines is 1. The Balaban J connectivity index is 1.86. The Hall–Kier alpha value is -2.95. The number of halogens is 3. The lowest BCUT2D eigenvalue weighted by molar-refractivity contribution is -0.385. The van der Waals surface area contributed by atoms with Crippen molar-refractivity contribution in [2.75, 3.05) is 26.2 Å². The van der Waals surface area contributed by atoms with E-state index in [2.05, 4.69) is 10.00 Å². The fourth-order valence-electron chi connectivity index (χ4n) is 3.87. The number of nitrogens with one attached hydrogen (secondary N) is 1. The molecule has 0 atom stereocenters. The predicted molar refractivity (Wildman–Crippen MR) is 111 cm³/mol. The smallest absolute Gasteiger partial charge is 0.331 e. The SMILES string of the molecule is Cc1cccc([N+](=O)[O-])c1CN(CCN1CCCCCC1)C(=O)c1cc(C(F)(F)F)[nH]n1. The monoisotopic (exact) mass is 453 g/mol. The molecule has 1 aliphatic heterocycles. The number of nitro groups is 1. The summed E-state index contributed by atoms with van der Waals surface area (Å²) in [5.41, 5.74) is -0.631. The Bertz CT molecular complexity index is 952.